The van der Waals surface area contributed by atoms with E-state index < -0.39 is 24.0 Å². The standard InChI is InChI=1S/C31H33NO9.C2H6/c1-5-19-39-31(36)32-26-15-11-24(12-16-26)29(34)40-22(3)9-10-23(4)41-30(35)25-13-17-27(18-14-25)37-20-7-8-21-38-28(33)6-2;1-2/h5-6,9-18H,1-2,7-8,19-21H2,3-4H3,(H,32,36);1-2H3/b22-9+,23-10+;. The number of unbranched alkanes of at least 4 members (excludes halogenated alkanes) is 1. The summed E-state index contributed by atoms with van der Waals surface area (Å²) < 4.78 is 26.0. The Labute approximate surface area is 252 Å². The van der Waals surface area contributed by atoms with Gasteiger partial charge in [0.25, 0.3) is 0 Å². The maximum absolute atomic E-state index is 12.4. The molecule has 2 rings (SSSR count). The van der Waals surface area contributed by atoms with E-state index in [0.717, 1.165) is 6.08 Å². The lowest BCUT2D eigenvalue weighted by Crippen LogP contribution is -2.13. The molecular weight excluding hydrogens is 554 g/mol. The lowest BCUT2D eigenvalue weighted by molar-refractivity contribution is -0.137. The molecule has 0 aliphatic rings. The minimum Gasteiger partial charge on any atom is -0.494 e. The highest BCUT2D eigenvalue weighted by molar-refractivity contribution is 5.92. The Morgan fingerprint density at radius 2 is 1.26 bits per heavy atom. The number of hydrogen-bond acceptors (Lipinski definition) is 9. The molecular formula is C33H39NO9. The first-order chi connectivity index (χ1) is 20.7. The maximum Gasteiger partial charge on any atom is 0.411 e. The van der Waals surface area contributed by atoms with Crippen molar-refractivity contribution in [3.8, 4) is 5.75 Å². The molecule has 230 valence electrons. The molecule has 0 heterocycles. The van der Waals surface area contributed by atoms with Crippen LogP contribution in [0, 0.1) is 0 Å². The maximum atomic E-state index is 12.4. The summed E-state index contributed by atoms with van der Waals surface area (Å²) in [7, 11) is 0. The van der Waals surface area contributed by atoms with Gasteiger partial charge < -0.3 is 23.7 Å². The van der Waals surface area contributed by atoms with Gasteiger partial charge in [0.1, 0.15) is 23.9 Å². The third-order valence-electron chi connectivity index (χ3n) is 5.07. The molecule has 0 saturated heterocycles. The Kier molecular flexibility index (Phi) is 17.3. The van der Waals surface area contributed by atoms with Crippen LogP contribution in [0.5, 0.6) is 5.75 Å². The summed E-state index contributed by atoms with van der Waals surface area (Å²) in [5.41, 5.74) is 1.06. The largest absolute Gasteiger partial charge is 0.494 e. The summed E-state index contributed by atoms with van der Waals surface area (Å²) >= 11 is 0. The van der Waals surface area contributed by atoms with Gasteiger partial charge in [0.2, 0.25) is 0 Å². The van der Waals surface area contributed by atoms with Gasteiger partial charge in [-0.05, 0) is 87.4 Å². The van der Waals surface area contributed by atoms with E-state index in [2.05, 4.69) is 18.5 Å². The second-order valence-electron chi connectivity index (χ2n) is 8.37. The van der Waals surface area contributed by atoms with E-state index in [0.29, 0.717) is 48.8 Å². The van der Waals surface area contributed by atoms with Crippen molar-refractivity contribution < 1.29 is 42.9 Å². The molecule has 0 aromatic heterocycles. The van der Waals surface area contributed by atoms with Gasteiger partial charge in [-0.15, -0.1) is 0 Å². The molecule has 2 aromatic rings. The second kappa shape index (κ2) is 20.7. The normalized spacial score (nSPS) is 10.7. The summed E-state index contributed by atoms with van der Waals surface area (Å²) in [6.45, 7) is 14.8. The number of amides is 1. The summed E-state index contributed by atoms with van der Waals surface area (Å²) in [6, 6.07) is 12.6. The highest BCUT2D eigenvalue weighted by Crippen LogP contribution is 2.16. The van der Waals surface area contributed by atoms with Crippen molar-refractivity contribution in [2.24, 2.45) is 0 Å². The minimum atomic E-state index is -0.637. The summed E-state index contributed by atoms with van der Waals surface area (Å²) in [6.07, 6.45) is 6.29. The number of allylic oxidation sites excluding steroid dienone is 4. The smallest absolute Gasteiger partial charge is 0.411 e. The molecule has 0 fully saturated rings. The Bertz CT molecular complexity index is 1280. The minimum absolute atomic E-state index is 0.0821. The number of benzene rings is 2. The number of anilines is 1. The highest BCUT2D eigenvalue weighted by atomic mass is 16.6. The van der Waals surface area contributed by atoms with E-state index in [-0.39, 0.29) is 17.9 Å². The first kappa shape index (κ1) is 35.9. The summed E-state index contributed by atoms with van der Waals surface area (Å²) in [5.74, 6) is -0.441. The zero-order valence-electron chi connectivity index (χ0n) is 25.1. The van der Waals surface area contributed by atoms with Crippen LogP contribution in [0.4, 0.5) is 10.5 Å². The molecule has 0 saturated carbocycles. The van der Waals surface area contributed by atoms with Crippen LogP contribution in [0.1, 0.15) is 61.3 Å². The molecule has 1 N–H and O–H groups in total. The number of nitrogens with one attached hydrogen (secondary N) is 1. The van der Waals surface area contributed by atoms with E-state index in [4.69, 9.17) is 23.7 Å². The Morgan fingerprint density at radius 3 is 1.77 bits per heavy atom. The van der Waals surface area contributed by atoms with Gasteiger partial charge >= 0.3 is 24.0 Å². The number of ether oxygens (including phenoxy) is 5. The first-order valence-electron chi connectivity index (χ1n) is 13.7. The van der Waals surface area contributed by atoms with Crippen LogP contribution in [0.25, 0.3) is 0 Å². The van der Waals surface area contributed by atoms with Crippen molar-refractivity contribution in [1.29, 1.82) is 0 Å². The average molecular weight is 594 g/mol. The van der Waals surface area contributed by atoms with Gasteiger partial charge in [0, 0.05) is 11.8 Å². The lowest BCUT2D eigenvalue weighted by atomic mass is 10.2. The third-order valence-corrected chi connectivity index (χ3v) is 5.07. The number of esters is 3. The van der Waals surface area contributed by atoms with E-state index in [9.17, 15) is 19.2 Å². The molecule has 0 radical (unpaired) electrons. The quantitative estimate of drug-likeness (QED) is 0.0435. The van der Waals surface area contributed by atoms with Crippen molar-refractivity contribution in [2.75, 3.05) is 25.1 Å². The van der Waals surface area contributed by atoms with Crippen LogP contribution in [-0.4, -0.2) is 43.8 Å². The second-order valence-corrected chi connectivity index (χ2v) is 8.37. The predicted octanol–water partition coefficient (Wildman–Crippen LogP) is 7.16. The number of rotatable bonds is 15. The van der Waals surface area contributed by atoms with Crippen molar-refractivity contribution in [2.45, 2.75) is 40.5 Å². The fourth-order valence-electron chi connectivity index (χ4n) is 3.00. The Morgan fingerprint density at radius 1 is 0.744 bits per heavy atom. The molecule has 10 heteroatoms. The molecule has 0 bridgehead atoms. The molecule has 0 unspecified atom stereocenters. The average Bonchev–Trinajstić information content (AvgIpc) is 3.02. The zero-order valence-corrected chi connectivity index (χ0v) is 25.1. The molecule has 43 heavy (non-hydrogen) atoms. The third kappa shape index (κ3) is 14.9. The van der Waals surface area contributed by atoms with E-state index in [1.165, 1.54) is 30.4 Å². The molecule has 2 aromatic carbocycles. The summed E-state index contributed by atoms with van der Waals surface area (Å²) in [5, 5.41) is 2.52. The van der Waals surface area contributed by atoms with E-state index in [1.807, 2.05) is 13.8 Å². The van der Waals surface area contributed by atoms with Crippen molar-refractivity contribution in [3.63, 3.8) is 0 Å². The number of carbonyl (C=O) groups excluding carboxylic acids is 4. The van der Waals surface area contributed by atoms with Gasteiger partial charge in [-0.25, -0.2) is 19.2 Å². The SMILES string of the molecule is C=CCOC(=O)Nc1ccc(C(=O)O/C(C)=C/C=C(\C)OC(=O)c2ccc(OCCCCOC(=O)C=C)cc2)cc1.CC. The van der Waals surface area contributed by atoms with Gasteiger partial charge in [-0.2, -0.15) is 0 Å². The topological polar surface area (TPSA) is 126 Å². The molecule has 10 nitrogen and oxygen atoms in total. The van der Waals surface area contributed by atoms with Gasteiger partial charge in [-0.3, -0.25) is 5.32 Å². The van der Waals surface area contributed by atoms with Crippen molar-refractivity contribution in [1.82, 2.24) is 0 Å². The molecule has 0 atom stereocenters. The van der Waals surface area contributed by atoms with E-state index >= 15 is 0 Å². The number of carbonyl (C=O) groups is 4. The van der Waals surface area contributed by atoms with Crippen LogP contribution in [0.15, 0.2) is 97.5 Å². The van der Waals surface area contributed by atoms with E-state index in [1.54, 1.807) is 50.2 Å². The monoisotopic (exact) mass is 593 g/mol. The van der Waals surface area contributed by atoms with Crippen LogP contribution in [-0.2, 0) is 23.7 Å². The van der Waals surface area contributed by atoms with Crippen molar-refractivity contribution >= 4 is 29.7 Å². The Balaban J connectivity index is 0.00000452. The molecule has 1 amide bonds. The highest BCUT2D eigenvalue weighted by Gasteiger charge is 2.11. The van der Waals surface area contributed by atoms with Crippen LogP contribution in [0.3, 0.4) is 0 Å². The van der Waals surface area contributed by atoms with Crippen LogP contribution < -0.4 is 10.1 Å². The zero-order chi connectivity index (χ0) is 32.0. The van der Waals surface area contributed by atoms with Gasteiger partial charge in [0.05, 0.1) is 24.3 Å². The predicted molar refractivity (Wildman–Crippen MR) is 164 cm³/mol. The molecule has 0 aliphatic heterocycles. The lowest BCUT2D eigenvalue weighted by Gasteiger charge is -2.08. The number of hydrogen-bond donors (Lipinski definition) is 1. The first-order valence-corrected chi connectivity index (χ1v) is 13.7. The van der Waals surface area contributed by atoms with Crippen molar-refractivity contribution in [3.05, 3.63) is 109 Å². The summed E-state index contributed by atoms with van der Waals surface area (Å²) in [4.78, 5) is 47.4. The van der Waals surface area contributed by atoms with Gasteiger partial charge in [-0.1, -0.05) is 33.1 Å². The molecule has 0 spiro atoms. The fraction of sp³-hybridized carbons (Fsp3) is 0.273. The van der Waals surface area contributed by atoms with Crippen LogP contribution in [0.2, 0.25) is 0 Å². The fourth-order valence-corrected chi connectivity index (χ4v) is 3.00. The van der Waals surface area contributed by atoms with Crippen LogP contribution >= 0.6 is 0 Å². The van der Waals surface area contributed by atoms with Gasteiger partial charge in [0.15, 0.2) is 0 Å². The molecule has 0 aliphatic carbocycles. The Hall–Kier alpha value is -5.12.